The third-order valence-corrected chi connectivity index (χ3v) is 8.83. The molecule has 11 heteroatoms. The number of nitrogens with one attached hydrogen (secondary N) is 1. The Hall–Kier alpha value is -3.12. The van der Waals surface area contributed by atoms with Gasteiger partial charge < -0.3 is 19.1 Å². The lowest BCUT2D eigenvalue weighted by Crippen LogP contribution is -2.53. The van der Waals surface area contributed by atoms with Crippen LogP contribution in [0, 0.1) is 13.8 Å². The first-order chi connectivity index (χ1) is 18.0. The van der Waals surface area contributed by atoms with Crippen LogP contribution in [0.3, 0.4) is 0 Å². The van der Waals surface area contributed by atoms with Crippen LogP contribution in [0.2, 0.25) is 0 Å². The molecule has 2 heterocycles. The Labute approximate surface area is 218 Å². The maximum atomic E-state index is 13.7. The fraction of sp³-hybridized carbons (Fsp3) is 0.333. The summed E-state index contributed by atoms with van der Waals surface area (Å²) in [6.45, 7) is 4.38. The summed E-state index contributed by atoms with van der Waals surface area (Å²) >= 11 is 0. The van der Waals surface area contributed by atoms with E-state index in [1.54, 1.807) is 0 Å². The highest BCUT2D eigenvalue weighted by atomic mass is 32.2. The van der Waals surface area contributed by atoms with Crippen LogP contribution >= 0.6 is 0 Å². The van der Waals surface area contributed by atoms with Gasteiger partial charge in [0.15, 0.2) is 0 Å². The van der Waals surface area contributed by atoms with Gasteiger partial charge in [0, 0.05) is 28.9 Å². The van der Waals surface area contributed by atoms with Gasteiger partial charge in [-0.15, -0.1) is 13.2 Å². The first-order valence-electron chi connectivity index (χ1n) is 12.0. The molecule has 0 aliphatic carbocycles. The highest BCUT2D eigenvalue weighted by Crippen LogP contribution is 2.36. The molecule has 1 fully saturated rings. The molecule has 38 heavy (non-hydrogen) atoms. The molecule has 4 aromatic rings. The molecule has 4 atom stereocenters. The second kappa shape index (κ2) is 9.88. The van der Waals surface area contributed by atoms with Crippen LogP contribution in [0.5, 0.6) is 5.75 Å². The fourth-order valence-electron chi connectivity index (χ4n) is 5.01. The number of hydrogen-bond donors (Lipinski definition) is 2. The van der Waals surface area contributed by atoms with Crippen LogP contribution in [0.15, 0.2) is 69.9 Å². The van der Waals surface area contributed by atoms with Gasteiger partial charge in [-0.1, -0.05) is 23.3 Å². The molecule has 4 unspecified atom stereocenters. The third kappa shape index (κ3) is 4.98. The van der Waals surface area contributed by atoms with Gasteiger partial charge in [-0.3, -0.25) is 0 Å². The number of fused-ring (bicyclic) bond motifs is 3. The quantitative estimate of drug-likeness (QED) is 0.357. The maximum absolute atomic E-state index is 13.7. The van der Waals surface area contributed by atoms with E-state index in [0.717, 1.165) is 45.1 Å². The van der Waals surface area contributed by atoms with Gasteiger partial charge in [-0.2, -0.15) is 0 Å². The molecule has 0 saturated carbocycles. The van der Waals surface area contributed by atoms with E-state index in [1.165, 1.54) is 19.2 Å². The average Bonchev–Trinajstić information content (AvgIpc) is 3.17. The van der Waals surface area contributed by atoms with E-state index in [1.807, 2.05) is 38.1 Å². The number of aliphatic hydroxyl groups is 1. The Morgan fingerprint density at radius 2 is 1.58 bits per heavy atom. The van der Waals surface area contributed by atoms with Gasteiger partial charge in [0.2, 0.25) is 0 Å². The average molecular weight is 548 g/mol. The normalized spacial score (nSPS) is 21.9. The third-order valence-electron chi connectivity index (χ3n) is 6.78. The number of halogens is 3. The first kappa shape index (κ1) is 26.5. The van der Waals surface area contributed by atoms with E-state index in [9.17, 15) is 22.5 Å². The summed E-state index contributed by atoms with van der Waals surface area (Å²) < 4.78 is 70.1. The molecule has 1 saturated heterocycles. The molecule has 7 nitrogen and oxygen atoms in total. The van der Waals surface area contributed by atoms with E-state index < -0.39 is 40.2 Å². The van der Waals surface area contributed by atoms with Crippen molar-refractivity contribution in [3.63, 3.8) is 0 Å². The van der Waals surface area contributed by atoms with E-state index in [0.29, 0.717) is 0 Å². The Morgan fingerprint density at radius 3 is 2.11 bits per heavy atom. The minimum absolute atomic E-state index is 0.0782. The summed E-state index contributed by atoms with van der Waals surface area (Å²) in [4.78, 5) is 0.159. The molecule has 1 aromatic heterocycles. The molecule has 0 spiro atoms. The number of nitrogens with zero attached hydrogens (tertiary/aromatic N) is 2. The van der Waals surface area contributed by atoms with Crippen molar-refractivity contribution in [2.75, 3.05) is 20.3 Å². The number of aromatic nitrogens is 1. The van der Waals surface area contributed by atoms with Gasteiger partial charge in [-0.25, -0.2) is 13.3 Å². The van der Waals surface area contributed by atoms with Crippen LogP contribution < -0.4 is 9.46 Å². The number of rotatable bonds is 5. The van der Waals surface area contributed by atoms with Crippen molar-refractivity contribution in [1.82, 2.24) is 9.29 Å². The van der Waals surface area contributed by atoms with Crippen LogP contribution in [0.4, 0.5) is 13.2 Å². The zero-order valence-corrected chi connectivity index (χ0v) is 21.8. The highest BCUT2D eigenvalue weighted by Gasteiger charge is 2.37. The summed E-state index contributed by atoms with van der Waals surface area (Å²) in [5.41, 5.74) is 4.14. The van der Waals surface area contributed by atoms with Crippen molar-refractivity contribution in [1.29, 1.82) is 0 Å². The Kier molecular flexibility index (Phi) is 6.89. The summed E-state index contributed by atoms with van der Waals surface area (Å²) in [5, 5.41) is 13.7. The van der Waals surface area contributed by atoms with Crippen molar-refractivity contribution in [2.45, 2.75) is 43.3 Å². The molecule has 3 aromatic carbocycles. The van der Waals surface area contributed by atoms with Crippen LogP contribution in [-0.4, -0.2) is 52.7 Å². The first-order valence-corrected chi connectivity index (χ1v) is 13.6. The summed E-state index contributed by atoms with van der Waals surface area (Å²) in [6.07, 6.45) is -5.83. The Bertz CT molecular complexity index is 1550. The van der Waals surface area contributed by atoms with Gasteiger partial charge in [0.1, 0.15) is 15.7 Å². The van der Waals surface area contributed by atoms with E-state index in [4.69, 9.17) is 4.74 Å². The fourth-order valence-corrected chi connectivity index (χ4v) is 6.58. The Morgan fingerprint density at radius 1 is 1.00 bits per heavy atom. The smallest absolute Gasteiger partial charge is 0.406 e. The minimum atomic E-state index is -4.83. The largest absolute Gasteiger partial charge is 0.573 e. The molecule has 1 aliphatic rings. The molecular weight excluding hydrogens is 519 g/mol. The molecule has 0 bridgehead atoms. The summed E-state index contributed by atoms with van der Waals surface area (Å²) in [5.74, 6) is -0.433. The van der Waals surface area contributed by atoms with Crippen LogP contribution in [0.25, 0.3) is 21.8 Å². The molecular formula is C27H28F3N3O4S. The van der Waals surface area contributed by atoms with E-state index in [-0.39, 0.29) is 18.1 Å². The monoisotopic (exact) mass is 547 g/mol. The topological polar surface area (TPSA) is 85.1 Å². The number of ether oxygens (including phenoxy) is 2. The molecule has 1 aliphatic heterocycles. The van der Waals surface area contributed by atoms with E-state index >= 15 is 0 Å². The van der Waals surface area contributed by atoms with Gasteiger partial charge >= 0.3 is 6.36 Å². The van der Waals surface area contributed by atoms with Crippen molar-refractivity contribution in [3.8, 4) is 5.75 Å². The summed E-state index contributed by atoms with van der Waals surface area (Å²) in [7, 11) is -1.95. The molecule has 0 amide bonds. The van der Waals surface area contributed by atoms with Gasteiger partial charge in [0.05, 0.1) is 36.3 Å². The van der Waals surface area contributed by atoms with E-state index in [2.05, 4.69) is 30.5 Å². The van der Waals surface area contributed by atoms with Gasteiger partial charge in [0.25, 0.3) is 0 Å². The number of benzene rings is 3. The number of hydrogen-bond acceptors (Lipinski definition) is 5. The lowest BCUT2D eigenvalue weighted by Gasteiger charge is -2.37. The Balaban J connectivity index is 1.48. The number of aryl methyl sites for hydroxylation is 2. The highest BCUT2D eigenvalue weighted by molar-refractivity contribution is 7.91. The predicted octanol–water partition coefficient (Wildman–Crippen LogP) is 5.27. The molecule has 202 valence electrons. The number of alkyl halides is 3. The predicted molar refractivity (Wildman–Crippen MR) is 140 cm³/mol. The second-order valence-electron chi connectivity index (χ2n) is 9.46. The standard InChI is InChI=1S/C27H28F3N3O4S/c1-16-4-10-23-20(12-16)21-13-17(2)5-11-24(21)33(23)25-15-36-14-22(26(25)34)32-38(35,31-3)19-8-6-18(7-9-19)37-27(28,29)30/h4-13,22,25-26,34H,14-15H2,1-3H3,(H,31,32,35). The maximum Gasteiger partial charge on any atom is 0.573 e. The zero-order valence-electron chi connectivity index (χ0n) is 21.0. The van der Waals surface area contributed by atoms with Gasteiger partial charge in [-0.05, 0) is 62.4 Å². The van der Waals surface area contributed by atoms with Crippen LogP contribution in [0.1, 0.15) is 17.2 Å². The SMILES string of the molecule is CN=S(=O)(NC1COCC(n2c3ccc(C)cc3c3cc(C)ccc32)C1O)c1ccc(OC(F)(F)F)cc1. The zero-order chi connectivity index (χ0) is 27.2. The van der Waals surface area contributed by atoms with Crippen LogP contribution in [-0.2, 0) is 14.7 Å². The van der Waals surface area contributed by atoms with Crippen molar-refractivity contribution >= 4 is 31.7 Å². The molecule has 2 N–H and O–H groups in total. The molecule has 5 rings (SSSR count). The number of aliphatic hydroxyl groups excluding tert-OH is 1. The second-order valence-corrected chi connectivity index (χ2v) is 11.6. The van der Waals surface area contributed by atoms with Crippen molar-refractivity contribution < 1.29 is 32.0 Å². The van der Waals surface area contributed by atoms with Crippen molar-refractivity contribution in [2.24, 2.45) is 4.36 Å². The van der Waals surface area contributed by atoms with Crippen molar-refractivity contribution in [3.05, 3.63) is 71.8 Å². The molecule has 0 radical (unpaired) electrons. The summed E-state index contributed by atoms with van der Waals surface area (Å²) in [6, 6.07) is 15.7. The minimum Gasteiger partial charge on any atom is -0.406 e. The lowest BCUT2D eigenvalue weighted by atomic mass is 10.0. The lowest BCUT2D eigenvalue weighted by molar-refractivity contribution is -0.274.